The first-order valence-corrected chi connectivity index (χ1v) is 10.2. The summed E-state index contributed by atoms with van der Waals surface area (Å²) in [5.74, 6) is 0.145. The third-order valence-electron chi connectivity index (χ3n) is 6.28. The molecule has 1 aromatic carbocycles. The molecule has 0 aromatic heterocycles. The molecule has 164 valence electrons. The Morgan fingerprint density at radius 1 is 1.23 bits per heavy atom. The number of carbonyl (C=O) groups is 2. The van der Waals surface area contributed by atoms with Crippen LogP contribution in [-0.4, -0.2) is 66.1 Å². The van der Waals surface area contributed by atoms with Crippen molar-refractivity contribution in [3.63, 3.8) is 0 Å². The largest absolute Gasteiger partial charge is 0.416 e. The van der Waals surface area contributed by atoms with E-state index in [1.54, 1.807) is 9.80 Å². The van der Waals surface area contributed by atoms with Gasteiger partial charge in [0.2, 0.25) is 0 Å². The zero-order valence-corrected chi connectivity index (χ0v) is 16.7. The highest BCUT2D eigenvalue weighted by Gasteiger charge is 2.44. The number of ether oxygens (including phenoxy) is 2. The minimum atomic E-state index is -4.35. The minimum Gasteiger partial charge on any atom is -0.370 e. The van der Waals surface area contributed by atoms with E-state index >= 15 is 0 Å². The highest BCUT2D eigenvalue weighted by Crippen LogP contribution is 2.31. The summed E-state index contributed by atoms with van der Waals surface area (Å²) in [7, 11) is 0. The van der Waals surface area contributed by atoms with E-state index in [2.05, 4.69) is 0 Å². The monoisotopic (exact) mass is 426 g/mol. The second kappa shape index (κ2) is 8.19. The van der Waals surface area contributed by atoms with Crippen LogP contribution in [0.4, 0.5) is 18.0 Å². The van der Waals surface area contributed by atoms with Crippen molar-refractivity contribution in [3.05, 3.63) is 35.4 Å². The van der Waals surface area contributed by atoms with Gasteiger partial charge in [-0.1, -0.05) is 12.1 Å². The number of nitrogens with zero attached hydrogens (tertiary/aromatic N) is 2. The number of urea groups is 1. The van der Waals surface area contributed by atoms with Crippen molar-refractivity contribution in [2.24, 2.45) is 5.92 Å². The molecule has 3 heterocycles. The van der Waals surface area contributed by atoms with Crippen molar-refractivity contribution in [3.8, 4) is 0 Å². The van der Waals surface area contributed by atoms with E-state index in [-0.39, 0.29) is 49.2 Å². The summed E-state index contributed by atoms with van der Waals surface area (Å²) in [4.78, 5) is 28.0. The Morgan fingerprint density at radius 3 is 2.63 bits per heavy atom. The fourth-order valence-corrected chi connectivity index (χ4v) is 4.35. The molecule has 0 N–H and O–H groups in total. The predicted molar refractivity (Wildman–Crippen MR) is 101 cm³/mol. The summed E-state index contributed by atoms with van der Waals surface area (Å²) in [5, 5.41) is 0. The van der Waals surface area contributed by atoms with Gasteiger partial charge in [0.05, 0.1) is 37.0 Å². The van der Waals surface area contributed by atoms with Gasteiger partial charge in [-0.2, -0.15) is 13.2 Å². The van der Waals surface area contributed by atoms with Gasteiger partial charge in [0, 0.05) is 25.4 Å². The molecular weight excluding hydrogens is 401 g/mol. The molecule has 1 aromatic rings. The summed E-state index contributed by atoms with van der Waals surface area (Å²) in [6.07, 6.45) is -3.26. The normalized spacial score (nSPS) is 29.4. The van der Waals surface area contributed by atoms with E-state index in [0.29, 0.717) is 31.6 Å². The molecule has 0 bridgehead atoms. The Hall–Kier alpha value is -2.13. The number of piperidine rings is 1. The molecule has 2 unspecified atom stereocenters. The highest BCUT2D eigenvalue weighted by molar-refractivity contribution is 5.81. The maximum atomic E-state index is 12.9. The van der Waals surface area contributed by atoms with Crippen molar-refractivity contribution in [1.29, 1.82) is 0 Å². The van der Waals surface area contributed by atoms with Crippen molar-refractivity contribution >= 4 is 11.8 Å². The molecule has 3 fully saturated rings. The molecule has 0 saturated carbocycles. The molecule has 2 amide bonds. The number of alkyl halides is 3. The summed E-state index contributed by atoms with van der Waals surface area (Å²) >= 11 is 0. The van der Waals surface area contributed by atoms with Gasteiger partial charge in [-0.25, -0.2) is 4.79 Å². The number of ketones is 1. The third-order valence-corrected chi connectivity index (χ3v) is 6.28. The molecule has 4 rings (SSSR count). The SMILES string of the molecule is CC1C(OCc2ccc(C(F)(F)F)cc2)CN1C(=O)N1CC[C@@H]2OCC(=O)C[C@@H]2C1. The molecule has 0 radical (unpaired) electrons. The van der Waals surface area contributed by atoms with Gasteiger partial charge < -0.3 is 19.3 Å². The van der Waals surface area contributed by atoms with Crippen LogP contribution in [0.2, 0.25) is 0 Å². The number of rotatable bonds is 3. The summed E-state index contributed by atoms with van der Waals surface area (Å²) in [5.41, 5.74) is -0.0297. The highest BCUT2D eigenvalue weighted by atomic mass is 19.4. The van der Waals surface area contributed by atoms with Gasteiger partial charge in [0.25, 0.3) is 0 Å². The first-order chi connectivity index (χ1) is 14.2. The molecule has 3 aliphatic rings. The molecule has 30 heavy (non-hydrogen) atoms. The molecule has 3 aliphatic heterocycles. The van der Waals surface area contributed by atoms with Gasteiger partial charge in [-0.15, -0.1) is 0 Å². The molecule has 0 aliphatic carbocycles. The van der Waals surface area contributed by atoms with Crippen LogP contribution in [0.1, 0.15) is 30.9 Å². The Morgan fingerprint density at radius 2 is 1.97 bits per heavy atom. The number of fused-ring (bicyclic) bond motifs is 1. The van der Waals surface area contributed by atoms with E-state index in [0.717, 1.165) is 18.6 Å². The second-order valence-corrected chi connectivity index (χ2v) is 8.31. The third kappa shape index (κ3) is 4.32. The predicted octanol–water partition coefficient (Wildman–Crippen LogP) is 3.09. The number of carbonyl (C=O) groups excluding carboxylic acids is 2. The van der Waals surface area contributed by atoms with Crippen LogP contribution in [0.5, 0.6) is 0 Å². The van der Waals surface area contributed by atoms with Gasteiger partial charge in [-0.05, 0) is 31.0 Å². The summed E-state index contributed by atoms with van der Waals surface area (Å²) < 4.78 is 49.3. The summed E-state index contributed by atoms with van der Waals surface area (Å²) in [6.45, 7) is 3.85. The van der Waals surface area contributed by atoms with Crippen LogP contribution in [0.15, 0.2) is 24.3 Å². The van der Waals surface area contributed by atoms with Crippen molar-refractivity contribution in [2.75, 3.05) is 26.2 Å². The molecule has 0 spiro atoms. The number of Topliss-reactive ketones (excluding diaryl/α,β-unsaturated/α-hetero) is 1. The molecule has 6 nitrogen and oxygen atoms in total. The van der Waals surface area contributed by atoms with E-state index in [9.17, 15) is 22.8 Å². The van der Waals surface area contributed by atoms with Gasteiger partial charge >= 0.3 is 12.2 Å². The van der Waals surface area contributed by atoms with E-state index < -0.39 is 11.7 Å². The average Bonchev–Trinajstić information content (AvgIpc) is 2.71. The molecular formula is C21H25F3N2O4. The number of hydrogen-bond donors (Lipinski definition) is 0. The topological polar surface area (TPSA) is 59.1 Å². The van der Waals surface area contributed by atoms with Crippen molar-refractivity contribution < 1.29 is 32.2 Å². The lowest BCUT2D eigenvalue weighted by atomic mass is 9.88. The van der Waals surface area contributed by atoms with Crippen LogP contribution < -0.4 is 0 Å². The van der Waals surface area contributed by atoms with E-state index in [1.807, 2.05) is 6.92 Å². The number of hydrogen-bond acceptors (Lipinski definition) is 4. The molecule has 3 saturated heterocycles. The fourth-order valence-electron chi connectivity index (χ4n) is 4.35. The van der Waals surface area contributed by atoms with Crippen LogP contribution in [0.25, 0.3) is 0 Å². The number of halogens is 3. The summed E-state index contributed by atoms with van der Waals surface area (Å²) in [6, 6.07) is 4.73. The lowest BCUT2D eigenvalue weighted by Gasteiger charge is -2.49. The standard InChI is InChI=1S/C21H25F3N2O4/c1-13-19(29-11-14-2-4-16(5-3-14)21(22,23)24)10-26(13)20(28)25-7-6-18-15(9-25)8-17(27)12-30-18/h2-5,13,15,18-19H,6-12H2,1H3/t13?,15-,18+,19?/m1/s1. The quantitative estimate of drug-likeness (QED) is 0.746. The lowest BCUT2D eigenvalue weighted by Crippen LogP contribution is -2.65. The van der Waals surface area contributed by atoms with Crippen molar-refractivity contribution in [2.45, 2.75) is 50.8 Å². The first-order valence-electron chi connectivity index (χ1n) is 10.2. The zero-order valence-electron chi connectivity index (χ0n) is 16.7. The average molecular weight is 426 g/mol. The first kappa shape index (κ1) is 21.1. The van der Waals surface area contributed by atoms with Crippen LogP contribution in [0.3, 0.4) is 0 Å². The Balaban J connectivity index is 1.25. The number of amides is 2. The lowest BCUT2D eigenvalue weighted by molar-refractivity contribution is -0.140. The zero-order chi connectivity index (χ0) is 21.5. The second-order valence-electron chi connectivity index (χ2n) is 8.31. The van der Waals surface area contributed by atoms with Gasteiger partial charge in [0.1, 0.15) is 6.61 Å². The molecule has 4 atom stereocenters. The Labute approximate surface area is 172 Å². The van der Waals surface area contributed by atoms with Crippen molar-refractivity contribution in [1.82, 2.24) is 9.80 Å². The Kier molecular flexibility index (Phi) is 5.76. The van der Waals surface area contributed by atoms with E-state index in [4.69, 9.17) is 9.47 Å². The maximum Gasteiger partial charge on any atom is 0.416 e. The number of likely N-dealkylation sites (tertiary alicyclic amines) is 2. The fraction of sp³-hybridized carbons (Fsp3) is 0.619. The van der Waals surface area contributed by atoms with Crippen LogP contribution in [-0.2, 0) is 27.1 Å². The smallest absolute Gasteiger partial charge is 0.370 e. The number of benzene rings is 1. The molecule has 9 heteroatoms. The van der Waals surface area contributed by atoms with Gasteiger partial charge in [-0.3, -0.25) is 4.79 Å². The van der Waals surface area contributed by atoms with Gasteiger partial charge in [0.15, 0.2) is 5.78 Å². The minimum absolute atomic E-state index is 0.0559. The maximum absolute atomic E-state index is 12.9. The van der Waals surface area contributed by atoms with Crippen LogP contribution >= 0.6 is 0 Å². The van der Waals surface area contributed by atoms with E-state index in [1.165, 1.54) is 12.1 Å². The Bertz CT molecular complexity index is 798. The van der Waals surface area contributed by atoms with Crippen LogP contribution in [0, 0.1) is 5.92 Å².